The van der Waals surface area contributed by atoms with Gasteiger partial charge in [-0.1, -0.05) is 12.1 Å². The van der Waals surface area contributed by atoms with Crippen LogP contribution in [0.2, 0.25) is 0 Å². The molecule has 0 aliphatic heterocycles. The summed E-state index contributed by atoms with van der Waals surface area (Å²) in [6, 6.07) is 7.47. The Labute approximate surface area is 183 Å². The molecule has 2 rings (SSSR count). The van der Waals surface area contributed by atoms with Crippen LogP contribution in [0.15, 0.2) is 36.7 Å². The summed E-state index contributed by atoms with van der Waals surface area (Å²) in [6.45, 7) is 7.28. The monoisotopic (exact) mass is 426 g/mol. The molecule has 0 aliphatic rings. The van der Waals surface area contributed by atoms with E-state index in [1.165, 1.54) is 12.4 Å². The fraction of sp³-hybridized carbons (Fsp3) is 0.417. The van der Waals surface area contributed by atoms with Crippen molar-refractivity contribution in [1.82, 2.24) is 4.98 Å². The second-order valence-corrected chi connectivity index (χ2v) is 8.32. The number of nitrogens with zero attached hydrogens (tertiary/aromatic N) is 1. The molecule has 7 nitrogen and oxygen atoms in total. The van der Waals surface area contributed by atoms with Gasteiger partial charge in [0.2, 0.25) is 5.91 Å². The van der Waals surface area contributed by atoms with E-state index >= 15 is 0 Å². The molecule has 31 heavy (non-hydrogen) atoms. The second-order valence-electron chi connectivity index (χ2n) is 8.32. The van der Waals surface area contributed by atoms with Crippen LogP contribution in [0.5, 0.6) is 5.75 Å². The third kappa shape index (κ3) is 8.20. The number of hydrogen-bond donors (Lipinski definition) is 1. The minimum atomic E-state index is -0.587. The van der Waals surface area contributed by atoms with Crippen LogP contribution in [0.25, 0.3) is 0 Å². The lowest BCUT2D eigenvalue weighted by Gasteiger charge is -2.19. The van der Waals surface area contributed by atoms with E-state index in [-0.39, 0.29) is 24.5 Å². The van der Waals surface area contributed by atoms with Gasteiger partial charge in [0.15, 0.2) is 5.78 Å². The predicted molar refractivity (Wildman–Crippen MR) is 118 cm³/mol. The van der Waals surface area contributed by atoms with E-state index in [0.717, 1.165) is 16.9 Å². The predicted octanol–water partition coefficient (Wildman–Crippen LogP) is 4.27. The van der Waals surface area contributed by atoms with E-state index in [1.54, 1.807) is 33.9 Å². The highest BCUT2D eigenvalue weighted by molar-refractivity contribution is 5.98. The van der Waals surface area contributed by atoms with Gasteiger partial charge in [0.25, 0.3) is 0 Å². The lowest BCUT2D eigenvalue weighted by molar-refractivity contribution is -0.155. The van der Waals surface area contributed by atoms with Crippen molar-refractivity contribution in [1.29, 1.82) is 0 Å². The molecule has 0 unspecified atom stereocenters. The standard InChI is InChI=1S/C24H30N2O5/c1-16-6-7-17(12-21(16)30-5)8-9-20(27)18-13-19(15-25-14-18)26-22(28)10-11-23(29)31-24(2,3)4/h6-7,12-15H,8-11H2,1-5H3,(H,26,28). The van der Waals surface area contributed by atoms with Crippen LogP contribution in [0.3, 0.4) is 0 Å². The molecule has 0 aliphatic carbocycles. The van der Waals surface area contributed by atoms with Gasteiger partial charge in [0, 0.05) is 24.6 Å². The molecular formula is C24H30N2O5. The van der Waals surface area contributed by atoms with Crippen molar-refractivity contribution in [2.24, 2.45) is 0 Å². The highest BCUT2D eigenvalue weighted by Crippen LogP contribution is 2.20. The number of anilines is 1. The zero-order valence-electron chi connectivity index (χ0n) is 18.8. The van der Waals surface area contributed by atoms with Gasteiger partial charge in [-0.3, -0.25) is 19.4 Å². The summed E-state index contributed by atoms with van der Waals surface area (Å²) in [6.07, 6.45) is 3.80. The second kappa shape index (κ2) is 10.7. The van der Waals surface area contributed by atoms with Gasteiger partial charge < -0.3 is 14.8 Å². The molecule has 0 bridgehead atoms. The number of amides is 1. The van der Waals surface area contributed by atoms with Crippen molar-refractivity contribution < 1.29 is 23.9 Å². The Balaban J connectivity index is 1.90. The Morgan fingerprint density at radius 1 is 1.03 bits per heavy atom. The minimum Gasteiger partial charge on any atom is -0.496 e. The van der Waals surface area contributed by atoms with E-state index in [9.17, 15) is 14.4 Å². The van der Waals surface area contributed by atoms with Crippen molar-refractivity contribution in [2.45, 2.75) is 59.0 Å². The number of esters is 1. The topological polar surface area (TPSA) is 94.6 Å². The molecule has 0 spiro atoms. The van der Waals surface area contributed by atoms with E-state index in [1.807, 2.05) is 25.1 Å². The summed E-state index contributed by atoms with van der Waals surface area (Å²) in [4.78, 5) is 40.5. The van der Waals surface area contributed by atoms with E-state index in [2.05, 4.69) is 10.3 Å². The first-order chi connectivity index (χ1) is 14.6. The third-order valence-electron chi connectivity index (χ3n) is 4.43. The van der Waals surface area contributed by atoms with Crippen molar-refractivity contribution in [2.75, 3.05) is 12.4 Å². The first-order valence-electron chi connectivity index (χ1n) is 10.2. The van der Waals surface area contributed by atoms with Crippen LogP contribution >= 0.6 is 0 Å². The van der Waals surface area contributed by atoms with E-state index in [4.69, 9.17) is 9.47 Å². The average molecular weight is 427 g/mol. The van der Waals surface area contributed by atoms with Gasteiger partial charge in [-0.05, 0) is 57.4 Å². The van der Waals surface area contributed by atoms with Gasteiger partial charge in [0.05, 0.1) is 25.4 Å². The molecule has 1 aromatic carbocycles. The molecule has 7 heteroatoms. The Morgan fingerprint density at radius 3 is 2.45 bits per heavy atom. The van der Waals surface area contributed by atoms with Crippen molar-refractivity contribution in [3.05, 3.63) is 53.3 Å². The summed E-state index contributed by atoms with van der Waals surface area (Å²) in [5.41, 5.74) is 2.30. The summed E-state index contributed by atoms with van der Waals surface area (Å²) in [5.74, 6) is -0.0546. The number of hydrogen-bond acceptors (Lipinski definition) is 6. The molecule has 1 heterocycles. The largest absolute Gasteiger partial charge is 0.496 e. The number of pyridine rings is 1. The van der Waals surface area contributed by atoms with Crippen LogP contribution in [0, 0.1) is 6.92 Å². The van der Waals surface area contributed by atoms with Crippen LogP contribution in [0.4, 0.5) is 5.69 Å². The number of methoxy groups -OCH3 is 1. The zero-order chi connectivity index (χ0) is 23.0. The van der Waals surface area contributed by atoms with Crippen LogP contribution in [-0.4, -0.2) is 35.4 Å². The maximum absolute atomic E-state index is 12.6. The van der Waals surface area contributed by atoms with Crippen LogP contribution in [-0.2, 0) is 20.7 Å². The first kappa shape index (κ1) is 24.1. The van der Waals surface area contributed by atoms with Gasteiger partial charge in [-0.15, -0.1) is 0 Å². The molecule has 1 aromatic heterocycles. The summed E-state index contributed by atoms with van der Waals surface area (Å²) < 4.78 is 10.5. The highest BCUT2D eigenvalue weighted by atomic mass is 16.6. The number of carbonyl (C=O) groups is 3. The average Bonchev–Trinajstić information content (AvgIpc) is 2.70. The van der Waals surface area contributed by atoms with Gasteiger partial charge >= 0.3 is 5.97 Å². The molecule has 0 fully saturated rings. The summed E-state index contributed by atoms with van der Waals surface area (Å²) in [5, 5.41) is 2.67. The normalized spacial score (nSPS) is 11.0. The maximum atomic E-state index is 12.6. The van der Waals surface area contributed by atoms with Crippen molar-refractivity contribution in [3.8, 4) is 5.75 Å². The Morgan fingerprint density at radius 2 is 1.77 bits per heavy atom. The Hall–Kier alpha value is -3.22. The van der Waals surface area contributed by atoms with Crippen LogP contribution < -0.4 is 10.1 Å². The number of nitrogens with one attached hydrogen (secondary N) is 1. The number of Topliss-reactive ketones (excluding diaryl/α,β-unsaturated/α-hetero) is 1. The number of aryl methyl sites for hydroxylation is 2. The molecular weight excluding hydrogens is 396 g/mol. The molecule has 0 radical (unpaired) electrons. The van der Waals surface area contributed by atoms with Crippen molar-refractivity contribution in [3.63, 3.8) is 0 Å². The fourth-order valence-corrected chi connectivity index (χ4v) is 2.91. The lowest BCUT2D eigenvalue weighted by Crippen LogP contribution is -2.24. The zero-order valence-corrected chi connectivity index (χ0v) is 18.8. The Bertz CT molecular complexity index is 947. The summed E-state index contributed by atoms with van der Waals surface area (Å²) in [7, 11) is 1.62. The molecule has 1 amide bonds. The molecule has 0 saturated heterocycles. The third-order valence-corrected chi connectivity index (χ3v) is 4.43. The Kier molecular flexibility index (Phi) is 8.30. The number of rotatable bonds is 9. The number of benzene rings is 1. The van der Waals surface area contributed by atoms with E-state index in [0.29, 0.717) is 24.1 Å². The number of carbonyl (C=O) groups excluding carboxylic acids is 3. The van der Waals surface area contributed by atoms with Crippen molar-refractivity contribution >= 4 is 23.3 Å². The van der Waals surface area contributed by atoms with Gasteiger partial charge in [-0.2, -0.15) is 0 Å². The van der Waals surface area contributed by atoms with Crippen LogP contribution in [0.1, 0.15) is 61.5 Å². The number of ketones is 1. The summed E-state index contributed by atoms with van der Waals surface area (Å²) >= 11 is 0. The molecule has 166 valence electrons. The highest BCUT2D eigenvalue weighted by Gasteiger charge is 2.17. The molecule has 0 saturated carbocycles. The first-order valence-corrected chi connectivity index (χ1v) is 10.2. The maximum Gasteiger partial charge on any atom is 0.306 e. The molecule has 1 N–H and O–H groups in total. The fourth-order valence-electron chi connectivity index (χ4n) is 2.91. The smallest absolute Gasteiger partial charge is 0.306 e. The molecule has 2 aromatic rings. The van der Waals surface area contributed by atoms with Gasteiger partial charge in [-0.25, -0.2) is 0 Å². The number of ether oxygens (including phenoxy) is 2. The van der Waals surface area contributed by atoms with Gasteiger partial charge in [0.1, 0.15) is 11.4 Å². The SMILES string of the molecule is COc1cc(CCC(=O)c2cncc(NC(=O)CCC(=O)OC(C)(C)C)c2)ccc1C. The van der Waals surface area contributed by atoms with E-state index < -0.39 is 11.6 Å². The minimum absolute atomic E-state index is 0.0116. The quantitative estimate of drug-likeness (QED) is 0.475. The lowest BCUT2D eigenvalue weighted by atomic mass is 10.0. The molecule has 0 atom stereocenters. The number of aromatic nitrogens is 1.